The third-order valence-electron chi connectivity index (χ3n) is 2.29. The number of nitrogens with one attached hydrogen (secondary N) is 1. The van der Waals surface area contributed by atoms with Crippen molar-refractivity contribution in [2.75, 3.05) is 19.5 Å². The Bertz CT molecular complexity index is 430. The summed E-state index contributed by atoms with van der Waals surface area (Å²) in [5, 5.41) is 3.44. The van der Waals surface area contributed by atoms with Crippen molar-refractivity contribution in [3.05, 3.63) is 11.1 Å². The molecule has 0 radical (unpaired) electrons. The first kappa shape index (κ1) is 14.4. The van der Waals surface area contributed by atoms with E-state index in [4.69, 9.17) is 4.74 Å². The maximum absolute atomic E-state index is 11.6. The summed E-state index contributed by atoms with van der Waals surface area (Å²) in [5.74, 6) is -0.762. The van der Waals surface area contributed by atoms with E-state index in [1.807, 2.05) is 13.8 Å². The van der Waals surface area contributed by atoms with Crippen molar-refractivity contribution in [3.63, 3.8) is 0 Å². The van der Waals surface area contributed by atoms with Gasteiger partial charge in [-0.2, -0.15) is 0 Å². The first-order chi connectivity index (χ1) is 8.49. The van der Waals surface area contributed by atoms with Crippen LogP contribution >= 0.6 is 11.3 Å². The number of nitrogens with zero attached hydrogens (tertiary/aromatic N) is 1. The minimum absolute atomic E-state index is 0.0444. The van der Waals surface area contributed by atoms with Crippen LogP contribution in [0, 0.1) is 5.92 Å². The van der Waals surface area contributed by atoms with Gasteiger partial charge in [0.15, 0.2) is 5.13 Å². The van der Waals surface area contributed by atoms with Gasteiger partial charge in [0, 0.05) is 0 Å². The number of thiazole rings is 1. The molecule has 1 aromatic heterocycles. The SMILES string of the molecule is COC(=O)c1cnc(NC(C(=O)OC)C(C)C)s1. The maximum atomic E-state index is 11.6. The average molecular weight is 272 g/mol. The number of methoxy groups -OCH3 is 2. The summed E-state index contributed by atoms with van der Waals surface area (Å²) < 4.78 is 9.29. The molecule has 18 heavy (non-hydrogen) atoms. The van der Waals surface area contributed by atoms with Crippen molar-refractivity contribution < 1.29 is 19.1 Å². The van der Waals surface area contributed by atoms with Crippen LogP contribution in [0.15, 0.2) is 6.20 Å². The largest absolute Gasteiger partial charge is 0.467 e. The molecular weight excluding hydrogens is 256 g/mol. The molecule has 6 nitrogen and oxygen atoms in total. The van der Waals surface area contributed by atoms with Crippen LogP contribution < -0.4 is 5.32 Å². The Morgan fingerprint density at radius 3 is 2.50 bits per heavy atom. The molecule has 0 aliphatic carbocycles. The number of ether oxygens (including phenoxy) is 2. The van der Waals surface area contributed by atoms with Gasteiger partial charge in [-0.25, -0.2) is 14.6 Å². The maximum Gasteiger partial charge on any atom is 0.349 e. The third-order valence-corrected chi connectivity index (χ3v) is 3.20. The van der Waals surface area contributed by atoms with Crippen LogP contribution in [0.4, 0.5) is 5.13 Å². The van der Waals surface area contributed by atoms with Gasteiger partial charge in [0.25, 0.3) is 0 Å². The molecule has 7 heteroatoms. The van der Waals surface area contributed by atoms with Crippen LogP contribution in [-0.2, 0) is 14.3 Å². The molecule has 1 unspecified atom stereocenters. The predicted molar refractivity (Wildman–Crippen MR) is 67.7 cm³/mol. The van der Waals surface area contributed by atoms with Crippen molar-refractivity contribution in [2.45, 2.75) is 19.9 Å². The van der Waals surface area contributed by atoms with Crippen LogP contribution in [0.5, 0.6) is 0 Å². The molecule has 0 aliphatic rings. The van der Waals surface area contributed by atoms with Crippen LogP contribution in [0.3, 0.4) is 0 Å². The minimum atomic E-state index is -0.494. The summed E-state index contributed by atoms with van der Waals surface area (Å²) in [6.45, 7) is 3.78. The number of anilines is 1. The van der Waals surface area contributed by atoms with E-state index in [1.54, 1.807) is 0 Å². The molecule has 0 bridgehead atoms. The zero-order chi connectivity index (χ0) is 13.7. The Balaban J connectivity index is 2.79. The molecule has 1 rings (SSSR count). The smallest absolute Gasteiger partial charge is 0.349 e. The lowest BCUT2D eigenvalue weighted by Crippen LogP contribution is -2.35. The fourth-order valence-electron chi connectivity index (χ4n) is 1.29. The number of hydrogen-bond acceptors (Lipinski definition) is 7. The van der Waals surface area contributed by atoms with Gasteiger partial charge in [-0.15, -0.1) is 0 Å². The van der Waals surface area contributed by atoms with Crippen LogP contribution in [0.1, 0.15) is 23.5 Å². The van der Waals surface area contributed by atoms with Crippen LogP contribution in [0.2, 0.25) is 0 Å². The lowest BCUT2D eigenvalue weighted by atomic mass is 10.1. The second-order valence-corrected chi connectivity index (χ2v) is 4.94. The first-order valence-corrected chi connectivity index (χ1v) is 6.19. The normalized spacial score (nSPS) is 12.1. The van der Waals surface area contributed by atoms with E-state index >= 15 is 0 Å². The highest BCUT2D eigenvalue weighted by Crippen LogP contribution is 2.21. The summed E-state index contributed by atoms with van der Waals surface area (Å²) in [5.41, 5.74) is 0. The Morgan fingerprint density at radius 1 is 1.33 bits per heavy atom. The molecule has 0 fully saturated rings. The lowest BCUT2D eigenvalue weighted by Gasteiger charge is -2.18. The zero-order valence-corrected chi connectivity index (χ0v) is 11.5. The number of rotatable bonds is 5. The predicted octanol–water partition coefficient (Wildman–Crippen LogP) is 1.54. The van der Waals surface area contributed by atoms with E-state index < -0.39 is 12.0 Å². The van der Waals surface area contributed by atoms with Gasteiger partial charge in [-0.1, -0.05) is 25.2 Å². The van der Waals surface area contributed by atoms with E-state index in [0.29, 0.717) is 10.0 Å². The number of aromatic nitrogens is 1. The van der Waals surface area contributed by atoms with Crippen molar-refractivity contribution in [3.8, 4) is 0 Å². The van der Waals surface area contributed by atoms with E-state index in [9.17, 15) is 9.59 Å². The summed E-state index contributed by atoms with van der Waals surface area (Å²) >= 11 is 1.13. The topological polar surface area (TPSA) is 77.5 Å². The van der Waals surface area contributed by atoms with Gasteiger partial charge in [0.1, 0.15) is 10.9 Å². The molecule has 0 saturated carbocycles. The Labute approximate surface area is 109 Å². The quantitative estimate of drug-likeness (QED) is 0.819. The summed E-state index contributed by atoms with van der Waals surface area (Å²) in [6.07, 6.45) is 1.41. The standard InChI is InChI=1S/C11H16N2O4S/c1-6(2)8(10(15)17-4)13-11-12-5-7(18-11)9(14)16-3/h5-6,8H,1-4H3,(H,12,13). The molecule has 1 atom stereocenters. The Morgan fingerprint density at radius 2 is 2.00 bits per heavy atom. The monoisotopic (exact) mass is 272 g/mol. The molecule has 0 aromatic carbocycles. The highest BCUT2D eigenvalue weighted by Gasteiger charge is 2.24. The minimum Gasteiger partial charge on any atom is -0.467 e. The number of hydrogen-bond donors (Lipinski definition) is 1. The van der Waals surface area contributed by atoms with Gasteiger partial charge in [-0.3, -0.25) is 0 Å². The molecule has 0 aliphatic heterocycles. The van der Waals surface area contributed by atoms with Crippen molar-refractivity contribution in [1.29, 1.82) is 0 Å². The van der Waals surface area contributed by atoms with E-state index in [1.165, 1.54) is 20.4 Å². The van der Waals surface area contributed by atoms with Crippen molar-refractivity contribution >= 4 is 28.4 Å². The van der Waals surface area contributed by atoms with Gasteiger partial charge >= 0.3 is 11.9 Å². The van der Waals surface area contributed by atoms with E-state index in [-0.39, 0.29) is 11.9 Å². The second-order valence-electron chi connectivity index (χ2n) is 3.91. The second kappa shape index (κ2) is 6.34. The molecule has 1 aromatic rings. The summed E-state index contributed by atoms with van der Waals surface area (Å²) in [7, 11) is 2.64. The Hall–Kier alpha value is -1.63. The van der Waals surface area contributed by atoms with Crippen LogP contribution in [-0.4, -0.2) is 37.2 Å². The molecule has 100 valence electrons. The van der Waals surface area contributed by atoms with E-state index in [2.05, 4.69) is 15.0 Å². The van der Waals surface area contributed by atoms with Gasteiger partial charge < -0.3 is 14.8 Å². The summed E-state index contributed by atoms with van der Waals surface area (Å²) in [6, 6.07) is -0.494. The summed E-state index contributed by atoms with van der Waals surface area (Å²) in [4.78, 5) is 27.2. The van der Waals surface area contributed by atoms with Crippen molar-refractivity contribution in [2.24, 2.45) is 5.92 Å². The lowest BCUT2D eigenvalue weighted by molar-refractivity contribution is -0.142. The zero-order valence-electron chi connectivity index (χ0n) is 10.7. The highest BCUT2D eigenvalue weighted by molar-refractivity contribution is 7.17. The molecule has 1 N–H and O–H groups in total. The number of carbonyl (C=O) groups is 2. The van der Waals surface area contributed by atoms with Crippen LogP contribution in [0.25, 0.3) is 0 Å². The molecule has 0 saturated heterocycles. The molecule has 1 heterocycles. The number of carbonyl (C=O) groups excluding carboxylic acids is 2. The Kier molecular flexibility index (Phi) is 5.08. The highest BCUT2D eigenvalue weighted by atomic mass is 32.1. The average Bonchev–Trinajstić information content (AvgIpc) is 2.82. The molecule has 0 spiro atoms. The fourth-order valence-corrected chi connectivity index (χ4v) is 2.07. The first-order valence-electron chi connectivity index (χ1n) is 5.38. The van der Waals surface area contributed by atoms with Crippen molar-refractivity contribution in [1.82, 2.24) is 4.98 Å². The van der Waals surface area contributed by atoms with Gasteiger partial charge in [-0.05, 0) is 5.92 Å². The van der Waals surface area contributed by atoms with Gasteiger partial charge in [0.2, 0.25) is 0 Å². The fraction of sp³-hybridized carbons (Fsp3) is 0.545. The third kappa shape index (κ3) is 3.43. The number of esters is 2. The van der Waals surface area contributed by atoms with Gasteiger partial charge in [0.05, 0.1) is 20.4 Å². The molecular formula is C11H16N2O4S. The van der Waals surface area contributed by atoms with E-state index in [0.717, 1.165) is 11.3 Å². The molecule has 0 amide bonds.